The average molecular weight is 807 g/mol. The number of benzene rings is 9. The lowest BCUT2D eigenvalue weighted by Gasteiger charge is -2.12. The first-order chi connectivity index (χ1) is 31.2. The first-order valence-electron chi connectivity index (χ1n) is 21.4. The van der Waals surface area contributed by atoms with Crippen molar-refractivity contribution in [1.29, 1.82) is 0 Å². The highest BCUT2D eigenvalue weighted by Gasteiger charge is 2.18. The molecule has 63 heavy (non-hydrogen) atoms. The highest BCUT2D eigenvalue weighted by atomic mass is 15.0. The molecule has 4 heteroatoms. The summed E-state index contributed by atoms with van der Waals surface area (Å²) >= 11 is 0. The van der Waals surface area contributed by atoms with E-state index in [1.807, 2.05) is 24.3 Å². The minimum absolute atomic E-state index is 0.587. The van der Waals surface area contributed by atoms with Gasteiger partial charge in [-0.25, -0.2) is 9.98 Å². The van der Waals surface area contributed by atoms with Crippen molar-refractivity contribution >= 4 is 61.9 Å². The minimum atomic E-state index is 0.587. The molecule has 11 rings (SSSR count). The van der Waals surface area contributed by atoms with Gasteiger partial charge in [-0.3, -0.25) is 0 Å². The van der Waals surface area contributed by atoms with Gasteiger partial charge in [0.25, 0.3) is 0 Å². The largest absolute Gasteiger partial charge is 0.309 e. The fraction of sp³-hybridized carbons (Fsp3) is 0.0169. The van der Waals surface area contributed by atoms with E-state index < -0.39 is 0 Å². The van der Waals surface area contributed by atoms with Crippen LogP contribution in [-0.2, 0) is 6.42 Å². The fourth-order valence-corrected chi connectivity index (χ4v) is 9.14. The van der Waals surface area contributed by atoms with Crippen molar-refractivity contribution < 1.29 is 0 Å². The number of fused-ring (bicyclic) bond motifs is 6. The summed E-state index contributed by atoms with van der Waals surface area (Å²) in [7, 11) is 0. The molecule has 0 unspecified atom stereocenters. The van der Waals surface area contributed by atoms with Gasteiger partial charge >= 0.3 is 0 Å². The van der Waals surface area contributed by atoms with Crippen molar-refractivity contribution in [1.82, 2.24) is 9.13 Å². The molecule has 9 aromatic carbocycles. The predicted octanol–water partition coefficient (Wildman–Crippen LogP) is 14.9. The molecule has 0 spiro atoms. The Bertz CT molecular complexity index is 3520. The second kappa shape index (κ2) is 16.3. The molecule has 0 fully saturated rings. The molecule has 0 saturated carbocycles. The van der Waals surface area contributed by atoms with Gasteiger partial charge in [0.1, 0.15) is 0 Å². The number of aliphatic imine (C=N–C) groups is 2. The van der Waals surface area contributed by atoms with Crippen molar-refractivity contribution in [2.45, 2.75) is 6.42 Å². The van der Waals surface area contributed by atoms with Crippen LogP contribution in [0.1, 0.15) is 16.7 Å². The van der Waals surface area contributed by atoms with Crippen LogP contribution in [0.15, 0.2) is 241 Å². The van der Waals surface area contributed by atoms with Crippen molar-refractivity contribution in [2.24, 2.45) is 9.98 Å². The predicted molar refractivity (Wildman–Crippen MR) is 267 cm³/mol. The van der Waals surface area contributed by atoms with E-state index in [9.17, 15) is 0 Å². The maximum Gasteiger partial charge on any atom is 0.159 e. The topological polar surface area (TPSA) is 34.6 Å². The van der Waals surface area contributed by atoms with Crippen molar-refractivity contribution in [3.63, 3.8) is 0 Å². The standard InChI is InChI=1S/C59H42N4/c1-60-59(61-53(43-19-7-3-8-20-43)37-31-41-17-5-2-6-18-41)44-34-32-42(33-35-44)45-36-38-56-52(40-45)50-25-11-13-28-54(50)63(56)48-24-15-21-46(39-48)49-27-16-30-57-58(49)51-26-12-14-29-55(51)62(57)47-22-9-4-10-23-47/h2-30,32-40H,1,31H2/b53-37-,61-59?. The molecular weight excluding hydrogens is 765 g/mol. The Morgan fingerprint density at radius 3 is 1.78 bits per heavy atom. The molecule has 2 aromatic heterocycles. The van der Waals surface area contributed by atoms with Crippen molar-refractivity contribution in [3.05, 3.63) is 247 Å². The van der Waals surface area contributed by atoms with E-state index in [0.717, 1.165) is 51.3 Å². The summed E-state index contributed by atoms with van der Waals surface area (Å²) in [4.78, 5) is 9.48. The summed E-state index contributed by atoms with van der Waals surface area (Å²) < 4.78 is 4.79. The van der Waals surface area contributed by atoms with Gasteiger partial charge < -0.3 is 9.13 Å². The van der Waals surface area contributed by atoms with E-state index in [1.165, 1.54) is 54.8 Å². The summed E-state index contributed by atoms with van der Waals surface area (Å²) in [6.07, 6.45) is 2.93. The second-order valence-electron chi connectivity index (χ2n) is 15.8. The quantitative estimate of drug-likeness (QED) is 0.103. The van der Waals surface area contributed by atoms with Gasteiger partial charge in [-0.1, -0.05) is 176 Å². The van der Waals surface area contributed by atoms with Crippen LogP contribution in [0.2, 0.25) is 0 Å². The van der Waals surface area contributed by atoms with E-state index in [2.05, 4.69) is 227 Å². The smallest absolute Gasteiger partial charge is 0.159 e. The lowest BCUT2D eigenvalue weighted by molar-refractivity contribution is 1.18. The third-order valence-corrected chi connectivity index (χ3v) is 12.1. The Kier molecular flexibility index (Phi) is 9.72. The number of amidine groups is 1. The van der Waals surface area contributed by atoms with Crippen LogP contribution in [0.3, 0.4) is 0 Å². The highest BCUT2D eigenvalue weighted by Crippen LogP contribution is 2.40. The third kappa shape index (κ3) is 6.94. The van der Waals surface area contributed by atoms with Gasteiger partial charge in [0.05, 0.1) is 27.8 Å². The van der Waals surface area contributed by atoms with Gasteiger partial charge in [-0.05, 0) is 101 Å². The maximum atomic E-state index is 5.07. The van der Waals surface area contributed by atoms with Crippen LogP contribution in [0.5, 0.6) is 0 Å². The van der Waals surface area contributed by atoms with Gasteiger partial charge in [0.15, 0.2) is 5.84 Å². The summed E-state index contributed by atoms with van der Waals surface area (Å²) in [6.45, 7) is 3.92. The Balaban J connectivity index is 0.962. The Morgan fingerprint density at radius 2 is 1.02 bits per heavy atom. The first kappa shape index (κ1) is 37.6. The number of rotatable bonds is 9. The number of hydrogen-bond donors (Lipinski definition) is 0. The molecule has 0 bridgehead atoms. The Hall–Kier alpha value is -8.34. The van der Waals surface area contributed by atoms with Crippen LogP contribution < -0.4 is 0 Å². The molecule has 0 N–H and O–H groups in total. The number of hydrogen-bond acceptors (Lipinski definition) is 1. The van der Waals surface area contributed by atoms with Gasteiger partial charge in [-0.2, -0.15) is 0 Å². The Labute approximate surface area is 366 Å². The van der Waals surface area contributed by atoms with E-state index in [0.29, 0.717) is 5.84 Å². The molecule has 0 radical (unpaired) electrons. The summed E-state index contributed by atoms with van der Waals surface area (Å²) in [5, 5.41) is 4.92. The number of aromatic nitrogens is 2. The average Bonchev–Trinajstić information content (AvgIpc) is 3.88. The first-order valence-corrected chi connectivity index (χ1v) is 21.4. The van der Waals surface area contributed by atoms with Crippen LogP contribution in [0.4, 0.5) is 0 Å². The molecular formula is C59H42N4. The maximum absolute atomic E-state index is 5.07. The van der Waals surface area contributed by atoms with Crippen LogP contribution >= 0.6 is 0 Å². The molecule has 4 nitrogen and oxygen atoms in total. The lowest BCUT2D eigenvalue weighted by atomic mass is 9.99. The SMILES string of the molecule is C=NC(=N/C(=C\Cc1ccccc1)c1ccccc1)c1ccc(-c2ccc3c(c2)c2ccccc2n3-c2cccc(-c3cccc4c3c3ccccc3n4-c3ccccc3)c2)cc1. The fourth-order valence-electron chi connectivity index (χ4n) is 9.14. The van der Waals surface area contributed by atoms with E-state index in [1.54, 1.807) is 0 Å². The normalized spacial score (nSPS) is 12.1. The number of para-hydroxylation sites is 3. The zero-order valence-corrected chi connectivity index (χ0v) is 34.6. The van der Waals surface area contributed by atoms with Crippen LogP contribution in [0.25, 0.3) is 82.9 Å². The zero-order valence-electron chi connectivity index (χ0n) is 34.6. The van der Waals surface area contributed by atoms with Crippen molar-refractivity contribution in [3.8, 4) is 33.6 Å². The molecule has 0 atom stereocenters. The number of nitrogens with zero attached hydrogens (tertiary/aromatic N) is 4. The molecule has 2 heterocycles. The van der Waals surface area contributed by atoms with Crippen LogP contribution in [-0.4, -0.2) is 21.7 Å². The van der Waals surface area contributed by atoms with Gasteiger partial charge in [0.2, 0.25) is 0 Å². The number of allylic oxidation sites excluding steroid dienone is 1. The van der Waals surface area contributed by atoms with Gasteiger partial charge in [0, 0.05) is 38.5 Å². The van der Waals surface area contributed by atoms with E-state index in [4.69, 9.17) is 4.99 Å². The van der Waals surface area contributed by atoms with Crippen molar-refractivity contribution in [2.75, 3.05) is 0 Å². The minimum Gasteiger partial charge on any atom is -0.309 e. The molecule has 11 aromatic rings. The third-order valence-electron chi connectivity index (χ3n) is 12.1. The molecule has 0 saturated heterocycles. The Morgan fingerprint density at radius 1 is 0.429 bits per heavy atom. The molecule has 298 valence electrons. The van der Waals surface area contributed by atoms with Crippen LogP contribution in [0, 0.1) is 0 Å². The lowest BCUT2D eigenvalue weighted by Crippen LogP contribution is -1.98. The molecule has 0 aliphatic carbocycles. The monoisotopic (exact) mass is 806 g/mol. The van der Waals surface area contributed by atoms with Gasteiger partial charge in [-0.15, -0.1) is 0 Å². The summed E-state index contributed by atoms with van der Waals surface area (Å²) in [6, 6.07) is 79.9. The molecule has 0 amide bonds. The second-order valence-corrected chi connectivity index (χ2v) is 15.8. The zero-order chi connectivity index (χ0) is 42.1. The summed E-state index contributed by atoms with van der Waals surface area (Å²) in [5.41, 5.74) is 15.7. The van der Waals surface area contributed by atoms with E-state index in [-0.39, 0.29) is 0 Å². The highest BCUT2D eigenvalue weighted by molar-refractivity contribution is 6.16. The summed E-state index contributed by atoms with van der Waals surface area (Å²) in [5.74, 6) is 0.587. The van der Waals surface area contributed by atoms with E-state index >= 15 is 0 Å². The molecule has 0 aliphatic rings. The molecule has 0 aliphatic heterocycles.